The summed E-state index contributed by atoms with van der Waals surface area (Å²) in [6.07, 6.45) is 2.56. The van der Waals surface area contributed by atoms with Crippen molar-refractivity contribution < 1.29 is 14.7 Å². The fourth-order valence-corrected chi connectivity index (χ4v) is 1.02. The summed E-state index contributed by atoms with van der Waals surface area (Å²) < 4.78 is 0. The molecule has 0 bridgehead atoms. The van der Waals surface area contributed by atoms with Gasteiger partial charge in [0.25, 0.3) is 0 Å². The predicted octanol–water partition coefficient (Wildman–Crippen LogP) is 1.40. The molecule has 5 nitrogen and oxygen atoms in total. The highest BCUT2D eigenvalue weighted by Gasteiger charge is 2.28. The number of hydrogen-bond acceptors (Lipinski definition) is 4. The van der Waals surface area contributed by atoms with Crippen LogP contribution < -0.4 is 0 Å². The van der Waals surface area contributed by atoms with E-state index in [2.05, 4.69) is 9.97 Å². The van der Waals surface area contributed by atoms with Crippen molar-refractivity contribution in [2.24, 2.45) is 5.41 Å². The number of carboxylic acid groups (broad SMARTS) is 1. The summed E-state index contributed by atoms with van der Waals surface area (Å²) in [5.74, 6) is -1.57. The summed E-state index contributed by atoms with van der Waals surface area (Å²) in [5, 5.41) is 8.83. The quantitative estimate of drug-likeness (QED) is 0.743. The third kappa shape index (κ3) is 2.37. The number of rotatable bonds is 2. The average molecular weight is 208 g/mol. The van der Waals surface area contributed by atoms with E-state index in [9.17, 15) is 9.59 Å². The zero-order chi connectivity index (χ0) is 11.6. The molecule has 80 valence electrons. The summed E-state index contributed by atoms with van der Waals surface area (Å²) in [6, 6.07) is 0. The molecule has 0 aromatic carbocycles. The molecule has 0 saturated carbocycles. The number of Topliss-reactive ketones (excluding diaryl/α,β-unsaturated/α-hetero) is 1. The van der Waals surface area contributed by atoms with E-state index in [0.717, 1.165) is 0 Å². The minimum atomic E-state index is -1.24. The zero-order valence-electron chi connectivity index (χ0n) is 8.81. The Hall–Kier alpha value is -1.78. The number of carboxylic acids is 1. The fraction of sp³-hybridized carbons (Fsp3) is 0.400. The lowest BCUT2D eigenvalue weighted by Gasteiger charge is -2.16. The summed E-state index contributed by atoms with van der Waals surface area (Å²) in [5.41, 5.74) is -1.05. The number of nitrogens with zero attached hydrogens (tertiary/aromatic N) is 2. The molecule has 0 atom stereocenters. The summed E-state index contributed by atoms with van der Waals surface area (Å²) in [7, 11) is 0. The van der Waals surface area contributed by atoms with Gasteiger partial charge in [0.1, 0.15) is 5.69 Å². The standard InChI is InChI=1S/C10H12N2O3/c1-10(2,3)8(13)6-7(9(14)15)12-5-4-11-6/h4-5H,1-3H3,(H,14,15). The molecule has 0 amide bonds. The Balaban J connectivity index is 3.26. The van der Waals surface area contributed by atoms with Crippen LogP contribution >= 0.6 is 0 Å². The lowest BCUT2D eigenvalue weighted by atomic mass is 9.88. The van der Waals surface area contributed by atoms with Crippen LogP contribution in [0, 0.1) is 5.41 Å². The van der Waals surface area contributed by atoms with E-state index < -0.39 is 11.4 Å². The maximum Gasteiger partial charge on any atom is 0.356 e. The zero-order valence-corrected chi connectivity index (χ0v) is 8.81. The molecule has 5 heteroatoms. The number of carbonyl (C=O) groups is 2. The van der Waals surface area contributed by atoms with Gasteiger partial charge >= 0.3 is 5.97 Å². The first kappa shape index (κ1) is 11.3. The van der Waals surface area contributed by atoms with Crippen LogP contribution in [0.1, 0.15) is 41.7 Å². The molecule has 0 spiro atoms. The van der Waals surface area contributed by atoms with Crippen molar-refractivity contribution >= 4 is 11.8 Å². The number of aromatic carboxylic acids is 1. The first-order chi connectivity index (χ1) is 6.84. The SMILES string of the molecule is CC(C)(C)C(=O)c1nccnc1C(=O)O. The molecule has 1 rings (SSSR count). The van der Waals surface area contributed by atoms with Crippen molar-refractivity contribution in [2.45, 2.75) is 20.8 Å². The number of aromatic nitrogens is 2. The Bertz CT molecular complexity index is 407. The van der Waals surface area contributed by atoms with Crippen LogP contribution in [0.25, 0.3) is 0 Å². The molecule has 0 unspecified atom stereocenters. The average Bonchev–Trinajstić information content (AvgIpc) is 2.15. The van der Waals surface area contributed by atoms with Gasteiger partial charge in [0.15, 0.2) is 11.5 Å². The highest BCUT2D eigenvalue weighted by atomic mass is 16.4. The fourth-order valence-electron chi connectivity index (χ4n) is 1.02. The third-order valence-corrected chi connectivity index (χ3v) is 1.80. The topological polar surface area (TPSA) is 80.2 Å². The van der Waals surface area contributed by atoms with Crippen LogP contribution in [0.4, 0.5) is 0 Å². The van der Waals surface area contributed by atoms with Crippen LogP contribution in [0.15, 0.2) is 12.4 Å². The van der Waals surface area contributed by atoms with Gasteiger partial charge in [0, 0.05) is 17.8 Å². The molecule has 15 heavy (non-hydrogen) atoms. The second-order valence-corrected chi connectivity index (χ2v) is 4.14. The number of carbonyl (C=O) groups excluding carboxylic acids is 1. The second kappa shape index (κ2) is 3.76. The van der Waals surface area contributed by atoms with Crippen molar-refractivity contribution in [1.29, 1.82) is 0 Å². The molecule has 1 heterocycles. The van der Waals surface area contributed by atoms with E-state index in [0.29, 0.717) is 0 Å². The maximum atomic E-state index is 11.8. The molecule has 0 aliphatic carbocycles. The molecule has 0 aliphatic heterocycles. The van der Waals surface area contributed by atoms with Gasteiger partial charge in [-0.1, -0.05) is 20.8 Å². The van der Waals surface area contributed by atoms with Crippen LogP contribution in [0.5, 0.6) is 0 Å². The van der Waals surface area contributed by atoms with Gasteiger partial charge in [-0.15, -0.1) is 0 Å². The van der Waals surface area contributed by atoms with Crippen molar-refractivity contribution in [3.8, 4) is 0 Å². The summed E-state index contributed by atoms with van der Waals surface area (Å²) in [6.45, 7) is 5.11. The highest BCUT2D eigenvalue weighted by Crippen LogP contribution is 2.20. The smallest absolute Gasteiger partial charge is 0.356 e. The molecular weight excluding hydrogens is 196 g/mol. The van der Waals surface area contributed by atoms with E-state index in [-0.39, 0.29) is 17.2 Å². The van der Waals surface area contributed by atoms with E-state index in [1.807, 2.05) is 0 Å². The molecular formula is C10H12N2O3. The van der Waals surface area contributed by atoms with E-state index in [4.69, 9.17) is 5.11 Å². The van der Waals surface area contributed by atoms with Crippen molar-refractivity contribution in [3.63, 3.8) is 0 Å². The molecule has 1 aromatic rings. The maximum absolute atomic E-state index is 11.8. The first-order valence-corrected chi connectivity index (χ1v) is 4.43. The van der Waals surface area contributed by atoms with Crippen molar-refractivity contribution in [1.82, 2.24) is 9.97 Å². The molecule has 1 aromatic heterocycles. The monoisotopic (exact) mass is 208 g/mol. The summed E-state index contributed by atoms with van der Waals surface area (Å²) >= 11 is 0. The van der Waals surface area contributed by atoms with Gasteiger partial charge in [0.05, 0.1) is 0 Å². The van der Waals surface area contributed by atoms with Gasteiger partial charge < -0.3 is 5.11 Å². The van der Waals surface area contributed by atoms with Gasteiger partial charge in [-0.3, -0.25) is 4.79 Å². The van der Waals surface area contributed by atoms with Gasteiger partial charge in [-0.2, -0.15) is 0 Å². The minimum absolute atomic E-state index is 0.0856. The van der Waals surface area contributed by atoms with Crippen LogP contribution in [-0.4, -0.2) is 26.8 Å². The van der Waals surface area contributed by atoms with E-state index in [1.54, 1.807) is 20.8 Å². The predicted molar refractivity (Wildman–Crippen MR) is 52.8 cm³/mol. The second-order valence-electron chi connectivity index (χ2n) is 4.14. The van der Waals surface area contributed by atoms with Crippen LogP contribution in [-0.2, 0) is 0 Å². The normalized spacial score (nSPS) is 11.1. The first-order valence-electron chi connectivity index (χ1n) is 4.43. The van der Waals surface area contributed by atoms with Crippen molar-refractivity contribution in [3.05, 3.63) is 23.8 Å². The molecule has 0 radical (unpaired) electrons. The van der Waals surface area contributed by atoms with Crippen LogP contribution in [0.2, 0.25) is 0 Å². The number of ketones is 1. The Labute approximate surface area is 87.2 Å². The lowest BCUT2D eigenvalue weighted by molar-refractivity contribution is 0.0679. The van der Waals surface area contributed by atoms with Gasteiger partial charge in [-0.25, -0.2) is 14.8 Å². The van der Waals surface area contributed by atoms with Gasteiger partial charge in [-0.05, 0) is 0 Å². The molecule has 0 saturated heterocycles. The summed E-state index contributed by atoms with van der Waals surface area (Å²) in [4.78, 5) is 30.0. The largest absolute Gasteiger partial charge is 0.476 e. The van der Waals surface area contributed by atoms with E-state index >= 15 is 0 Å². The Morgan fingerprint density at radius 1 is 1.13 bits per heavy atom. The Kier molecular flexibility index (Phi) is 2.83. The lowest BCUT2D eigenvalue weighted by Crippen LogP contribution is -2.24. The van der Waals surface area contributed by atoms with Crippen molar-refractivity contribution in [2.75, 3.05) is 0 Å². The highest BCUT2D eigenvalue weighted by molar-refractivity contribution is 6.05. The Morgan fingerprint density at radius 3 is 2.00 bits per heavy atom. The third-order valence-electron chi connectivity index (χ3n) is 1.80. The minimum Gasteiger partial charge on any atom is -0.476 e. The van der Waals surface area contributed by atoms with Gasteiger partial charge in [0.2, 0.25) is 0 Å². The molecule has 0 fully saturated rings. The molecule has 1 N–H and O–H groups in total. The number of hydrogen-bond donors (Lipinski definition) is 1. The molecule has 0 aliphatic rings. The van der Waals surface area contributed by atoms with E-state index in [1.165, 1.54) is 12.4 Å². The van der Waals surface area contributed by atoms with Crippen LogP contribution in [0.3, 0.4) is 0 Å². The Morgan fingerprint density at radius 2 is 1.60 bits per heavy atom.